The average molecular weight is 421 g/mol. The second-order valence-electron chi connectivity index (χ2n) is 7.93. The number of carbonyl (C=O) groups is 1. The highest BCUT2D eigenvalue weighted by molar-refractivity contribution is 7.89. The van der Waals surface area contributed by atoms with Crippen molar-refractivity contribution in [2.45, 2.75) is 50.6 Å². The van der Waals surface area contributed by atoms with Crippen LogP contribution in [0.4, 0.5) is 0 Å². The van der Waals surface area contributed by atoms with Crippen molar-refractivity contribution in [3.63, 3.8) is 0 Å². The van der Waals surface area contributed by atoms with Crippen LogP contribution in [0.3, 0.4) is 0 Å². The Bertz CT molecular complexity index is 996. The highest BCUT2D eigenvalue weighted by Crippen LogP contribution is 2.47. The van der Waals surface area contributed by atoms with Gasteiger partial charge in [-0.1, -0.05) is 6.92 Å². The van der Waals surface area contributed by atoms with Crippen molar-refractivity contribution in [1.29, 1.82) is 0 Å². The number of methoxy groups -OCH3 is 1. The van der Waals surface area contributed by atoms with Crippen LogP contribution in [0.25, 0.3) is 0 Å². The minimum Gasteiger partial charge on any atom is -0.495 e. The van der Waals surface area contributed by atoms with Crippen molar-refractivity contribution in [3.05, 3.63) is 47.4 Å². The minimum atomic E-state index is -3.81. The molecule has 0 aliphatic heterocycles. The normalized spacial score (nSPS) is 18.7. The van der Waals surface area contributed by atoms with Gasteiger partial charge >= 0.3 is 0 Å². The van der Waals surface area contributed by atoms with E-state index in [1.165, 1.54) is 24.1 Å². The van der Waals surface area contributed by atoms with Crippen LogP contribution >= 0.6 is 0 Å². The molecule has 29 heavy (non-hydrogen) atoms. The molecule has 1 heterocycles. The lowest BCUT2D eigenvalue weighted by Crippen LogP contribution is -2.31. The molecule has 2 aromatic rings. The molecule has 8 heteroatoms. The lowest BCUT2D eigenvalue weighted by molar-refractivity contribution is 0.0774. The van der Waals surface area contributed by atoms with Crippen molar-refractivity contribution < 1.29 is 22.4 Å². The van der Waals surface area contributed by atoms with Gasteiger partial charge in [-0.05, 0) is 56.5 Å². The molecule has 1 fully saturated rings. The van der Waals surface area contributed by atoms with E-state index in [2.05, 4.69) is 11.6 Å². The van der Waals surface area contributed by atoms with Gasteiger partial charge in [0.1, 0.15) is 22.2 Å². The van der Waals surface area contributed by atoms with E-state index in [0.29, 0.717) is 24.1 Å². The molecule has 0 radical (unpaired) electrons. The number of sulfonamides is 1. The molecule has 7 nitrogen and oxygen atoms in total. The number of carbonyl (C=O) groups excluding carboxylic acids is 1. The van der Waals surface area contributed by atoms with E-state index in [1.54, 1.807) is 27.0 Å². The van der Waals surface area contributed by atoms with Crippen molar-refractivity contribution in [2.24, 2.45) is 5.92 Å². The molecular weight excluding hydrogens is 392 g/mol. The van der Waals surface area contributed by atoms with E-state index in [4.69, 9.17) is 9.15 Å². The number of amides is 1. The molecule has 158 valence electrons. The van der Waals surface area contributed by atoms with Gasteiger partial charge in [0.2, 0.25) is 10.0 Å². The van der Waals surface area contributed by atoms with Gasteiger partial charge in [-0.25, -0.2) is 13.1 Å². The Balaban J connectivity index is 1.79. The van der Waals surface area contributed by atoms with Crippen molar-refractivity contribution in [1.82, 2.24) is 9.62 Å². The number of nitrogens with one attached hydrogen (secondary N) is 1. The smallest absolute Gasteiger partial charge is 0.254 e. The van der Waals surface area contributed by atoms with Crippen LogP contribution in [0.5, 0.6) is 5.75 Å². The third kappa shape index (κ3) is 4.82. The second-order valence-corrected chi connectivity index (χ2v) is 9.61. The number of ether oxygens (including phenoxy) is 1. The van der Waals surface area contributed by atoms with Gasteiger partial charge in [0, 0.05) is 24.6 Å². The summed E-state index contributed by atoms with van der Waals surface area (Å²) in [6.45, 7) is 5.95. The molecule has 0 unspecified atom stereocenters. The Morgan fingerprint density at radius 3 is 2.59 bits per heavy atom. The monoisotopic (exact) mass is 420 g/mol. The van der Waals surface area contributed by atoms with Crippen LogP contribution in [0.15, 0.2) is 39.6 Å². The zero-order valence-electron chi connectivity index (χ0n) is 17.4. The van der Waals surface area contributed by atoms with Crippen LogP contribution in [-0.2, 0) is 16.6 Å². The maximum absolute atomic E-state index is 12.9. The Labute approximate surface area is 172 Å². The summed E-state index contributed by atoms with van der Waals surface area (Å²) in [6.07, 6.45) is 1.13. The van der Waals surface area contributed by atoms with Gasteiger partial charge in [-0.3, -0.25) is 4.79 Å². The number of nitrogens with zero attached hydrogens (tertiary/aromatic N) is 1. The summed E-state index contributed by atoms with van der Waals surface area (Å²) in [6, 6.07) is 7.98. The van der Waals surface area contributed by atoms with Crippen LogP contribution in [0, 0.1) is 5.92 Å². The summed E-state index contributed by atoms with van der Waals surface area (Å²) in [5.41, 5.74) is 0.264. The predicted octanol–water partition coefficient (Wildman–Crippen LogP) is 3.37. The Kier molecular flexibility index (Phi) is 6.05. The van der Waals surface area contributed by atoms with Gasteiger partial charge in [0.15, 0.2) is 0 Å². The predicted molar refractivity (Wildman–Crippen MR) is 109 cm³/mol. The molecule has 1 aliphatic rings. The number of hydrogen-bond acceptors (Lipinski definition) is 5. The van der Waals surface area contributed by atoms with Crippen LogP contribution in [-0.4, -0.2) is 39.4 Å². The lowest BCUT2D eigenvalue weighted by Gasteiger charge is -2.18. The average Bonchev–Trinajstić information content (AvgIpc) is 3.20. The lowest BCUT2D eigenvalue weighted by atomic mass is 10.2. The first kappa shape index (κ1) is 21.4. The van der Waals surface area contributed by atoms with Gasteiger partial charge in [0.25, 0.3) is 5.91 Å². The Morgan fingerprint density at radius 2 is 2.00 bits per heavy atom. The highest BCUT2D eigenvalue weighted by atomic mass is 32.2. The largest absolute Gasteiger partial charge is 0.495 e. The van der Waals surface area contributed by atoms with E-state index in [1.807, 2.05) is 12.1 Å². The van der Waals surface area contributed by atoms with Crippen LogP contribution in [0.1, 0.15) is 55.0 Å². The summed E-state index contributed by atoms with van der Waals surface area (Å²) >= 11 is 0. The third-order valence-electron chi connectivity index (χ3n) is 4.99. The van der Waals surface area contributed by atoms with Crippen LogP contribution in [0.2, 0.25) is 0 Å². The quantitative estimate of drug-likeness (QED) is 0.707. The number of furan rings is 1. The zero-order valence-corrected chi connectivity index (χ0v) is 18.2. The maximum atomic E-state index is 12.9. The van der Waals surface area contributed by atoms with Gasteiger partial charge in [0.05, 0.1) is 13.7 Å². The third-order valence-corrected chi connectivity index (χ3v) is 6.67. The fourth-order valence-corrected chi connectivity index (χ4v) is 4.76. The molecule has 2 atom stereocenters. The van der Waals surface area contributed by atoms with Crippen molar-refractivity contribution in [2.75, 3.05) is 14.2 Å². The fourth-order valence-electron chi connectivity index (χ4n) is 3.32. The molecule has 1 amide bonds. The van der Waals surface area contributed by atoms with E-state index < -0.39 is 10.0 Å². The first-order valence-corrected chi connectivity index (χ1v) is 11.1. The molecule has 0 spiro atoms. The van der Waals surface area contributed by atoms with Gasteiger partial charge < -0.3 is 14.1 Å². The standard InChI is InChI=1S/C21H28N2O5S/c1-13(2)22-29(25,26)20-11-15(6-8-19(20)27-5)21(24)23(4)12-16-7-9-18(28-16)17-10-14(17)3/h6-9,11,13-14,17,22H,10,12H2,1-5H3/t14-,17+/m1/s1. The van der Waals surface area contributed by atoms with E-state index in [0.717, 1.165) is 12.2 Å². The molecule has 0 bridgehead atoms. The van der Waals surface area contributed by atoms with E-state index in [9.17, 15) is 13.2 Å². The highest BCUT2D eigenvalue weighted by Gasteiger charge is 2.36. The van der Waals surface area contributed by atoms with Gasteiger partial charge in [-0.2, -0.15) is 0 Å². The van der Waals surface area contributed by atoms with Crippen LogP contribution < -0.4 is 9.46 Å². The minimum absolute atomic E-state index is 0.0593. The molecule has 0 saturated heterocycles. The second kappa shape index (κ2) is 8.20. The van der Waals surface area contributed by atoms with Crippen molar-refractivity contribution in [3.8, 4) is 5.75 Å². The number of rotatable bonds is 8. The first-order valence-electron chi connectivity index (χ1n) is 9.66. The fraction of sp³-hybridized carbons (Fsp3) is 0.476. The number of hydrogen-bond donors (Lipinski definition) is 1. The Morgan fingerprint density at radius 1 is 1.31 bits per heavy atom. The molecule has 3 rings (SSSR count). The van der Waals surface area contributed by atoms with E-state index in [-0.39, 0.29) is 28.2 Å². The summed E-state index contributed by atoms with van der Waals surface area (Å²) in [5, 5.41) is 0. The molecule has 1 N–H and O–H groups in total. The number of benzene rings is 1. The first-order chi connectivity index (χ1) is 13.6. The summed E-state index contributed by atoms with van der Waals surface area (Å²) in [5.74, 6) is 2.68. The zero-order chi connectivity index (χ0) is 21.3. The molecule has 1 aromatic carbocycles. The molecule has 1 aromatic heterocycles. The van der Waals surface area contributed by atoms with Crippen molar-refractivity contribution >= 4 is 15.9 Å². The SMILES string of the molecule is COc1ccc(C(=O)N(C)Cc2ccc([C@H]3C[C@H]3C)o2)cc1S(=O)(=O)NC(C)C. The summed E-state index contributed by atoms with van der Waals surface area (Å²) < 4.78 is 38.8. The molecule has 1 saturated carbocycles. The Hall–Kier alpha value is -2.32. The summed E-state index contributed by atoms with van der Waals surface area (Å²) in [7, 11) is -0.755. The topological polar surface area (TPSA) is 88.8 Å². The molecular formula is C21H28N2O5S. The summed E-state index contributed by atoms with van der Waals surface area (Å²) in [4.78, 5) is 14.3. The maximum Gasteiger partial charge on any atom is 0.254 e. The van der Waals surface area contributed by atoms with E-state index >= 15 is 0 Å². The van der Waals surface area contributed by atoms with Gasteiger partial charge in [-0.15, -0.1) is 0 Å². The molecule has 1 aliphatic carbocycles.